The molecule has 2 aromatic carbocycles. The van der Waals surface area contributed by atoms with Gasteiger partial charge in [-0.15, -0.1) is 0 Å². The first-order valence-electron chi connectivity index (χ1n) is 9.03. The molecule has 0 radical (unpaired) electrons. The summed E-state index contributed by atoms with van der Waals surface area (Å²) in [7, 11) is 4.01. The summed E-state index contributed by atoms with van der Waals surface area (Å²) in [5.74, 6) is 0.809. The number of carbonyl (C=O) groups excluding carboxylic acids is 1. The van der Waals surface area contributed by atoms with E-state index in [4.69, 9.17) is 4.74 Å². The lowest BCUT2D eigenvalue weighted by atomic mass is 10.2. The van der Waals surface area contributed by atoms with Crippen molar-refractivity contribution in [1.29, 1.82) is 0 Å². The Morgan fingerprint density at radius 1 is 1.11 bits per heavy atom. The van der Waals surface area contributed by atoms with Gasteiger partial charge in [0, 0.05) is 13.1 Å². The topological polar surface area (TPSA) is 45.7 Å². The van der Waals surface area contributed by atoms with Crippen LogP contribution in [0.1, 0.15) is 12.0 Å². The molecule has 1 heterocycles. The zero-order chi connectivity index (χ0) is 19.2. The van der Waals surface area contributed by atoms with Gasteiger partial charge in [0.25, 0.3) is 0 Å². The van der Waals surface area contributed by atoms with E-state index < -0.39 is 0 Å². The van der Waals surface area contributed by atoms with Gasteiger partial charge in [0.1, 0.15) is 5.75 Å². The van der Waals surface area contributed by atoms with E-state index >= 15 is 0 Å². The Hall–Kier alpha value is -2.44. The van der Waals surface area contributed by atoms with Crippen LogP contribution in [0.4, 0.5) is 5.13 Å². The Morgan fingerprint density at radius 3 is 2.63 bits per heavy atom. The minimum absolute atomic E-state index is 0.0311. The molecule has 27 heavy (non-hydrogen) atoms. The van der Waals surface area contributed by atoms with Gasteiger partial charge in [-0.2, -0.15) is 0 Å². The van der Waals surface area contributed by atoms with Gasteiger partial charge in [-0.3, -0.25) is 9.69 Å². The van der Waals surface area contributed by atoms with Gasteiger partial charge in [0.2, 0.25) is 5.91 Å². The number of likely N-dealkylation sites (N-methyl/N-ethyl adjacent to an activating group) is 1. The van der Waals surface area contributed by atoms with E-state index in [0.717, 1.165) is 27.6 Å². The lowest BCUT2D eigenvalue weighted by molar-refractivity contribution is -0.119. The van der Waals surface area contributed by atoms with Crippen LogP contribution in [0.5, 0.6) is 5.75 Å². The van der Waals surface area contributed by atoms with Gasteiger partial charge in [0.05, 0.1) is 23.2 Å². The number of aryl methyl sites for hydroxylation is 1. The van der Waals surface area contributed by atoms with Crippen molar-refractivity contribution in [3.63, 3.8) is 0 Å². The summed E-state index contributed by atoms with van der Waals surface area (Å²) in [6.07, 6.45) is 0.317. The van der Waals surface area contributed by atoms with Crippen molar-refractivity contribution >= 4 is 32.6 Å². The maximum atomic E-state index is 12.9. The van der Waals surface area contributed by atoms with Crippen molar-refractivity contribution in [3.8, 4) is 5.75 Å². The van der Waals surface area contributed by atoms with Crippen LogP contribution in [0.15, 0.2) is 48.5 Å². The highest BCUT2D eigenvalue weighted by atomic mass is 32.1. The number of hydrogen-bond donors (Lipinski definition) is 0. The molecule has 0 N–H and O–H groups in total. The molecule has 0 aliphatic rings. The second kappa shape index (κ2) is 8.97. The van der Waals surface area contributed by atoms with Crippen molar-refractivity contribution in [2.24, 2.45) is 0 Å². The SMILES string of the molecule is Cc1ccc2nc(N(CCN(C)C)C(=O)CCOc3ccccc3)sc2c1. The number of aromatic nitrogens is 1. The molecule has 5 nitrogen and oxygen atoms in total. The van der Waals surface area contributed by atoms with Gasteiger partial charge in [-0.25, -0.2) is 4.98 Å². The summed E-state index contributed by atoms with van der Waals surface area (Å²) in [5.41, 5.74) is 2.13. The zero-order valence-corrected chi connectivity index (χ0v) is 16.8. The molecule has 0 aliphatic heterocycles. The second-order valence-corrected chi connectivity index (χ2v) is 7.74. The minimum atomic E-state index is 0.0311. The fourth-order valence-corrected chi connectivity index (χ4v) is 3.78. The summed E-state index contributed by atoms with van der Waals surface area (Å²) in [5, 5.41) is 0.752. The smallest absolute Gasteiger partial charge is 0.232 e. The number of anilines is 1. The van der Waals surface area contributed by atoms with Crippen LogP contribution in [0, 0.1) is 6.92 Å². The third-order valence-corrected chi connectivity index (χ3v) is 5.20. The molecule has 1 aromatic heterocycles. The number of ether oxygens (including phenoxy) is 1. The van der Waals surface area contributed by atoms with Gasteiger partial charge < -0.3 is 9.64 Å². The lowest BCUT2D eigenvalue weighted by Crippen LogP contribution is -2.37. The van der Waals surface area contributed by atoms with Crippen LogP contribution in [0.25, 0.3) is 10.2 Å². The highest BCUT2D eigenvalue weighted by Gasteiger charge is 2.20. The highest BCUT2D eigenvalue weighted by molar-refractivity contribution is 7.22. The minimum Gasteiger partial charge on any atom is -0.493 e. The Balaban J connectivity index is 1.71. The second-order valence-electron chi connectivity index (χ2n) is 6.73. The number of carbonyl (C=O) groups is 1. The number of amides is 1. The van der Waals surface area contributed by atoms with Crippen molar-refractivity contribution < 1.29 is 9.53 Å². The largest absolute Gasteiger partial charge is 0.493 e. The first kappa shape index (κ1) is 19.3. The number of fused-ring (bicyclic) bond motifs is 1. The molecule has 0 spiro atoms. The maximum absolute atomic E-state index is 12.9. The predicted octanol–water partition coefficient (Wildman–Crippen LogP) is 3.97. The molecule has 142 valence electrons. The van der Waals surface area contributed by atoms with Gasteiger partial charge in [0.15, 0.2) is 5.13 Å². The average Bonchev–Trinajstić information content (AvgIpc) is 3.05. The molecule has 3 aromatic rings. The van der Waals surface area contributed by atoms with Crippen molar-refractivity contribution in [1.82, 2.24) is 9.88 Å². The number of thiazole rings is 1. The number of para-hydroxylation sites is 1. The van der Waals surface area contributed by atoms with Crippen molar-refractivity contribution in [3.05, 3.63) is 54.1 Å². The summed E-state index contributed by atoms with van der Waals surface area (Å²) in [4.78, 5) is 21.4. The summed E-state index contributed by atoms with van der Waals surface area (Å²) in [6.45, 7) is 3.80. The third kappa shape index (κ3) is 5.28. The molecular weight excluding hydrogens is 358 g/mol. The van der Waals surface area contributed by atoms with Crippen molar-refractivity contribution in [2.75, 3.05) is 38.7 Å². The number of nitrogens with zero attached hydrogens (tertiary/aromatic N) is 3. The standard InChI is InChI=1S/C21H25N3O2S/c1-16-9-10-18-19(15-16)27-21(22-18)24(13-12-23(2)3)20(25)11-14-26-17-7-5-4-6-8-17/h4-10,15H,11-14H2,1-3H3. The van der Waals surface area contributed by atoms with Crippen LogP contribution >= 0.6 is 11.3 Å². The van der Waals surface area contributed by atoms with Gasteiger partial charge in [-0.1, -0.05) is 35.6 Å². The first-order chi connectivity index (χ1) is 13.0. The highest BCUT2D eigenvalue weighted by Crippen LogP contribution is 2.29. The van der Waals surface area contributed by atoms with Gasteiger partial charge in [-0.05, 0) is 50.8 Å². The Kier molecular flexibility index (Phi) is 6.42. The molecule has 3 rings (SSSR count). The van der Waals surface area contributed by atoms with Crippen LogP contribution in [-0.2, 0) is 4.79 Å². The number of benzene rings is 2. The van der Waals surface area contributed by atoms with E-state index in [-0.39, 0.29) is 5.91 Å². The molecule has 0 unspecified atom stereocenters. The molecule has 0 bridgehead atoms. The summed E-state index contributed by atoms with van der Waals surface area (Å²) in [6, 6.07) is 15.7. The summed E-state index contributed by atoms with van der Waals surface area (Å²) >= 11 is 1.56. The Labute approximate surface area is 164 Å². The number of rotatable bonds is 8. The average molecular weight is 384 g/mol. The quantitative estimate of drug-likeness (QED) is 0.590. The normalized spacial score (nSPS) is 11.1. The van der Waals surface area contributed by atoms with E-state index in [1.165, 1.54) is 5.56 Å². The van der Waals surface area contributed by atoms with Crippen LogP contribution in [0.2, 0.25) is 0 Å². The lowest BCUT2D eigenvalue weighted by Gasteiger charge is -2.22. The van der Waals surface area contributed by atoms with E-state index in [1.54, 1.807) is 16.2 Å². The van der Waals surface area contributed by atoms with E-state index in [9.17, 15) is 4.79 Å². The van der Waals surface area contributed by atoms with E-state index in [2.05, 4.69) is 22.9 Å². The van der Waals surface area contributed by atoms with Crippen LogP contribution in [-0.4, -0.2) is 49.6 Å². The van der Waals surface area contributed by atoms with Crippen LogP contribution < -0.4 is 9.64 Å². The summed E-state index contributed by atoms with van der Waals surface area (Å²) < 4.78 is 6.79. The van der Waals surface area contributed by atoms with E-state index in [0.29, 0.717) is 19.6 Å². The molecule has 0 saturated heterocycles. The molecule has 0 atom stereocenters. The predicted molar refractivity (Wildman–Crippen MR) is 112 cm³/mol. The fourth-order valence-electron chi connectivity index (χ4n) is 2.67. The molecule has 1 amide bonds. The Bertz CT molecular complexity index is 893. The maximum Gasteiger partial charge on any atom is 0.232 e. The van der Waals surface area contributed by atoms with Crippen LogP contribution in [0.3, 0.4) is 0 Å². The molecule has 0 saturated carbocycles. The van der Waals surface area contributed by atoms with E-state index in [1.807, 2.05) is 56.6 Å². The number of hydrogen-bond acceptors (Lipinski definition) is 5. The first-order valence-corrected chi connectivity index (χ1v) is 9.85. The molecular formula is C21H25N3O2S. The molecule has 6 heteroatoms. The molecule has 0 fully saturated rings. The van der Waals surface area contributed by atoms with Gasteiger partial charge >= 0.3 is 0 Å². The fraction of sp³-hybridized carbons (Fsp3) is 0.333. The van der Waals surface area contributed by atoms with Crippen molar-refractivity contribution in [2.45, 2.75) is 13.3 Å². The third-order valence-electron chi connectivity index (χ3n) is 4.16. The molecule has 0 aliphatic carbocycles. The Morgan fingerprint density at radius 2 is 1.89 bits per heavy atom. The monoisotopic (exact) mass is 383 g/mol. The zero-order valence-electron chi connectivity index (χ0n) is 16.0.